The Hall–Kier alpha value is -1.52. The number of oxazole rings is 1. The van der Waals surface area contributed by atoms with E-state index in [1.807, 2.05) is 13.8 Å². The van der Waals surface area contributed by atoms with Gasteiger partial charge in [-0.2, -0.15) is 0 Å². The highest BCUT2D eigenvalue weighted by molar-refractivity contribution is 5.86. The van der Waals surface area contributed by atoms with Crippen LogP contribution < -0.4 is 10.6 Å². The monoisotopic (exact) mass is 183 g/mol. The lowest BCUT2D eigenvalue weighted by molar-refractivity contribution is 0.252. The van der Waals surface area contributed by atoms with E-state index < -0.39 is 0 Å². The summed E-state index contributed by atoms with van der Waals surface area (Å²) in [6.07, 6.45) is 2.37. The molecule has 1 heterocycles. The van der Waals surface area contributed by atoms with Gasteiger partial charge in [0.05, 0.1) is 6.20 Å². The average Bonchev–Trinajstić information content (AvgIpc) is 2.52. The van der Waals surface area contributed by atoms with E-state index in [9.17, 15) is 4.79 Å². The third kappa shape index (κ3) is 2.77. The number of urea groups is 1. The molecule has 1 aromatic heterocycles. The fraction of sp³-hybridized carbons (Fsp3) is 0.500. The number of aryl methyl sites for hydroxylation is 1. The van der Waals surface area contributed by atoms with Gasteiger partial charge in [0.2, 0.25) is 0 Å². The molecule has 2 N–H and O–H groups in total. The van der Waals surface area contributed by atoms with Gasteiger partial charge >= 0.3 is 12.0 Å². The quantitative estimate of drug-likeness (QED) is 0.743. The molecule has 13 heavy (non-hydrogen) atoms. The van der Waals surface area contributed by atoms with Crippen LogP contribution in [0, 0.1) is 0 Å². The molecule has 0 spiro atoms. The normalized spacial score (nSPS) is 9.69. The van der Waals surface area contributed by atoms with Gasteiger partial charge in [-0.1, -0.05) is 6.92 Å². The van der Waals surface area contributed by atoms with Gasteiger partial charge in [-0.3, -0.25) is 5.32 Å². The highest BCUT2D eigenvalue weighted by atomic mass is 16.4. The Morgan fingerprint density at radius 3 is 2.92 bits per heavy atom. The molecule has 0 aliphatic rings. The van der Waals surface area contributed by atoms with Gasteiger partial charge in [0.1, 0.15) is 5.76 Å². The summed E-state index contributed by atoms with van der Waals surface area (Å²) in [7, 11) is 0. The minimum absolute atomic E-state index is 0.239. The topological polar surface area (TPSA) is 67.2 Å². The van der Waals surface area contributed by atoms with Crippen molar-refractivity contribution in [3.05, 3.63) is 12.0 Å². The Morgan fingerprint density at radius 2 is 2.38 bits per heavy atom. The third-order valence-corrected chi connectivity index (χ3v) is 1.46. The molecule has 0 saturated heterocycles. The summed E-state index contributed by atoms with van der Waals surface area (Å²) < 4.78 is 5.17. The molecular formula is C8H13N3O2. The predicted octanol–water partition coefficient (Wildman–Crippen LogP) is 1.38. The van der Waals surface area contributed by atoms with Crippen LogP contribution in [0.5, 0.6) is 0 Å². The molecule has 1 aromatic rings. The van der Waals surface area contributed by atoms with E-state index >= 15 is 0 Å². The van der Waals surface area contributed by atoms with E-state index in [2.05, 4.69) is 15.6 Å². The highest BCUT2D eigenvalue weighted by Gasteiger charge is 2.05. The molecule has 0 aromatic carbocycles. The van der Waals surface area contributed by atoms with Crippen molar-refractivity contribution in [3.8, 4) is 0 Å². The highest BCUT2D eigenvalue weighted by Crippen LogP contribution is 2.08. The van der Waals surface area contributed by atoms with E-state index in [1.54, 1.807) is 6.20 Å². The summed E-state index contributed by atoms with van der Waals surface area (Å²) in [5.74, 6) is 0.756. The van der Waals surface area contributed by atoms with E-state index in [-0.39, 0.29) is 12.0 Å². The van der Waals surface area contributed by atoms with Crippen LogP contribution in [0.3, 0.4) is 0 Å². The Labute approximate surface area is 76.5 Å². The second-order valence-electron chi connectivity index (χ2n) is 2.47. The number of aromatic nitrogens is 1. The number of hydrogen-bond donors (Lipinski definition) is 2. The fourth-order valence-corrected chi connectivity index (χ4v) is 0.831. The Balaban J connectivity index is 2.49. The van der Waals surface area contributed by atoms with Crippen molar-refractivity contribution in [2.24, 2.45) is 0 Å². The van der Waals surface area contributed by atoms with Crippen LogP contribution in [-0.4, -0.2) is 17.6 Å². The van der Waals surface area contributed by atoms with Crippen LogP contribution >= 0.6 is 0 Å². The molecular weight excluding hydrogens is 170 g/mol. The zero-order chi connectivity index (χ0) is 9.68. The van der Waals surface area contributed by atoms with Crippen LogP contribution in [0.2, 0.25) is 0 Å². The number of hydrogen-bond acceptors (Lipinski definition) is 3. The van der Waals surface area contributed by atoms with Crippen LogP contribution in [0.25, 0.3) is 0 Å². The summed E-state index contributed by atoms with van der Waals surface area (Å²) in [5.41, 5.74) is 0. The van der Waals surface area contributed by atoms with Crippen molar-refractivity contribution in [2.45, 2.75) is 20.3 Å². The summed E-state index contributed by atoms with van der Waals surface area (Å²) in [5, 5.41) is 5.04. The second-order valence-corrected chi connectivity index (χ2v) is 2.47. The molecule has 0 saturated carbocycles. The Morgan fingerprint density at radius 1 is 1.62 bits per heavy atom. The number of rotatable bonds is 3. The molecule has 72 valence electrons. The minimum atomic E-state index is -0.299. The Bertz CT molecular complexity index is 283. The zero-order valence-corrected chi connectivity index (χ0v) is 7.76. The smallest absolute Gasteiger partial charge is 0.322 e. The first-order valence-corrected chi connectivity index (χ1v) is 4.25. The Kier molecular flexibility index (Phi) is 3.31. The van der Waals surface area contributed by atoms with Gasteiger partial charge in [-0.15, -0.1) is 0 Å². The van der Waals surface area contributed by atoms with Crippen LogP contribution in [0.15, 0.2) is 10.6 Å². The van der Waals surface area contributed by atoms with Crippen molar-refractivity contribution >= 4 is 12.0 Å². The average molecular weight is 183 g/mol. The predicted molar refractivity (Wildman–Crippen MR) is 48.6 cm³/mol. The second kappa shape index (κ2) is 4.49. The SMILES string of the molecule is CCNC(=O)Nc1ncc(CC)o1. The molecule has 0 aliphatic carbocycles. The third-order valence-electron chi connectivity index (χ3n) is 1.46. The molecule has 0 radical (unpaired) electrons. The van der Waals surface area contributed by atoms with Crippen LogP contribution in [-0.2, 0) is 6.42 Å². The fourth-order valence-electron chi connectivity index (χ4n) is 0.831. The van der Waals surface area contributed by atoms with Gasteiger partial charge in [0, 0.05) is 13.0 Å². The number of amides is 2. The lowest BCUT2D eigenvalue weighted by Crippen LogP contribution is -2.28. The van der Waals surface area contributed by atoms with E-state index in [4.69, 9.17) is 4.42 Å². The summed E-state index contributed by atoms with van der Waals surface area (Å²) in [6.45, 7) is 4.37. The van der Waals surface area contributed by atoms with Crippen molar-refractivity contribution in [1.29, 1.82) is 0 Å². The van der Waals surface area contributed by atoms with Gasteiger partial charge in [0.25, 0.3) is 0 Å². The first-order chi connectivity index (χ1) is 6.26. The maximum atomic E-state index is 11.0. The van der Waals surface area contributed by atoms with E-state index in [0.29, 0.717) is 6.54 Å². The van der Waals surface area contributed by atoms with Gasteiger partial charge in [-0.05, 0) is 6.92 Å². The number of nitrogens with one attached hydrogen (secondary N) is 2. The molecule has 0 atom stereocenters. The number of carbonyl (C=O) groups excluding carboxylic acids is 1. The molecule has 5 nitrogen and oxygen atoms in total. The maximum absolute atomic E-state index is 11.0. The molecule has 5 heteroatoms. The van der Waals surface area contributed by atoms with Crippen LogP contribution in [0.4, 0.5) is 10.8 Å². The van der Waals surface area contributed by atoms with Gasteiger partial charge < -0.3 is 9.73 Å². The summed E-state index contributed by atoms with van der Waals surface area (Å²) in [4.78, 5) is 14.9. The number of carbonyl (C=O) groups is 1. The molecule has 2 amide bonds. The zero-order valence-electron chi connectivity index (χ0n) is 7.76. The molecule has 0 aliphatic heterocycles. The number of nitrogens with zero attached hydrogens (tertiary/aromatic N) is 1. The molecule has 0 fully saturated rings. The maximum Gasteiger partial charge on any atom is 0.322 e. The minimum Gasteiger partial charge on any atom is -0.428 e. The summed E-state index contributed by atoms with van der Waals surface area (Å²) >= 11 is 0. The molecule has 0 unspecified atom stereocenters. The van der Waals surface area contributed by atoms with E-state index in [0.717, 1.165) is 12.2 Å². The van der Waals surface area contributed by atoms with E-state index in [1.165, 1.54) is 0 Å². The largest absolute Gasteiger partial charge is 0.428 e. The van der Waals surface area contributed by atoms with Crippen molar-refractivity contribution < 1.29 is 9.21 Å². The first kappa shape index (κ1) is 9.57. The first-order valence-electron chi connectivity index (χ1n) is 4.25. The van der Waals surface area contributed by atoms with Gasteiger partial charge in [-0.25, -0.2) is 9.78 Å². The standard InChI is InChI=1S/C8H13N3O2/c1-3-6-5-10-8(13-6)11-7(12)9-4-2/h5H,3-4H2,1-2H3,(H2,9,10,11,12). The van der Waals surface area contributed by atoms with Crippen molar-refractivity contribution in [3.63, 3.8) is 0 Å². The lowest BCUT2D eigenvalue weighted by atomic mass is 10.4. The van der Waals surface area contributed by atoms with Crippen molar-refractivity contribution in [1.82, 2.24) is 10.3 Å². The molecule has 0 bridgehead atoms. The summed E-state index contributed by atoms with van der Waals surface area (Å²) in [6, 6.07) is -0.0604. The van der Waals surface area contributed by atoms with Crippen LogP contribution in [0.1, 0.15) is 19.6 Å². The number of anilines is 1. The molecule has 1 rings (SSSR count). The van der Waals surface area contributed by atoms with Gasteiger partial charge in [0.15, 0.2) is 0 Å². The lowest BCUT2D eigenvalue weighted by Gasteiger charge is -1.99. The van der Waals surface area contributed by atoms with Crippen molar-refractivity contribution in [2.75, 3.05) is 11.9 Å².